The summed E-state index contributed by atoms with van der Waals surface area (Å²) in [6.45, 7) is 2.16. The molecule has 6 nitrogen and oxygen atoms in total. The van der Waals surface area contributed by atoms with Gasteiger partial charge in [-0.3, -0.25) is 4.79 Å². The van der Waals surface area contributed by atoms with Crippen molar-refractivity contribution in [3.8, 4) is 22.6 Å². The number of carbonyl (C=O) groups is 2. The predicted octanol–water partition coefficient (Wildman–Crippen LogP) is 2.91. The van der Waals surface area contributed by atoms with Gasteiger partial charge in [-0.25, -0.2) is 4.79 Å². The number of carbonyl (C=O) groups excluding carboxylic acids is 1. The van der Waals surface area contributed by atoms with Gasteiger partial charge in [0.2, 0.25) is 0 Å². The third-order valence-electron chi connectivity index (χ3n) is 4.05. The highest BCUT2D eigenvalue weighted by atomic mass is 16.5. The standard InChI is InChI=1S/C19H18O6/c1-11(21)14-8-17-18(25-6-2-5-24-17)9-16(14)15-7-12(10-20)3-4-13(15)19(22)23/h3-4,7-9,20H,2,5-6,10H2,1H3,(H,22,23). The van der Waals surface area contributed by atoms with E-state index in [0.717, 1.165) is 6.42 Å². The minimum atomic E-state index is -1.11. The fourth-order valence-corrected chi connectivity index (χ4v) is 2.82. The summed E-state index contributed by atoms with van der Waals surface area (Å²) in [7, 11) is 0. The van der Waals surface area contributed by atoms with Gasteiger partial charge < -0.3 is 19.7 Å². The Labute approximate surface area is 144 Å². The Morgan fingerprint density at radius 1 is 1.00 bits per heavy atom. The number of aromatic carboxylic acids is 1. The third kappa shape index (κ3) is 3.34. The zero-order valence-corrected chi connectivity index (χ0v) is 13.7. The normalized spacial score (nSPS) is 13.2. The lowest BCUT2D eigenvalue weighted by molar-refractivity contribution is 0.0697. The van der Waals surface area contributed by atoms with Crippen LogP contribution in [-0.2, 0) is 6.61 Å². The van der Waals surface area contributed by atoms with Gasteiger partial charge >= 0.3 is 5.97 Å². The van der Waals surface area contributed by atoms with Crippen LogP contribution in [0.25, 0.3) is 11.1 Å². The molecule has 0 saturated heterocycles. The molecule has 0 atom stereocenters. The monoisotopic (exact) mass is 342 g/mol. The zero-order chi connectivity index (χ0) is 18.0. The van der Waals surface area contributed by atoms with E-state index in [1.165, 1.54) is 13.0 Å². The maximum absolute atomic E-state index is 12.2. The molecule has 0 bridgehead atoms. The van der Waals surface area contributed by atoms with Crippen molar-refractivity contribution >= 4 is 11.8 Å². The minimum Gasteiger partial charge on any atom is -0.490 e. The summed E-state index contributed by atoms with van der Waals surface area (Å²) in [4.78, 5) is 23.8. The summed E-state index contributed by atoms with van der Waals surface area (Å²) in [6.07, 6.45) is 0.722. The van der Waals surface area contributed by atoms with E-state index in [1.54, 1.807) is 24.3 Å². The van der Waals surface area contributed by atoms with Crippen molar-refractivity contribution in [1.82, 2.24) is 0 Å². The van der Waals surface area contributed by atoms with Crippen LogP contribution in [-0.4, -0.2) is 35.2 Å². The fraction of sp³-hybridized carbons (Fsp3) is 0.263. The molecule has 1 aliphatic heterocycles. The molecule has 1 heterocycles. The van der Waals surface area contributed by atoms with Crippen LogP contribution in [0.5, 0.6) is 11.5 Å². The summed E-state index contributed by atoms with van der Waals surface area (Å²) in [6, 6.07) is 7.78. The molecule has 6 heteroatoms. The van der Waals surface area contributed by atoms with Crippen molar-refractivity contribution < 1.29 is 29.3 Å². The summed E-state index contributed by atoms with van der Waals surface area (Å²) in [5.41, 5.74) is 1.77. The Hall–Kier alpha value is -2.86. The van der Waals surface area contributed by atoms with E-state index in [0.29, 0.717) is 47.0 Å². The number of ether oxygens (including phenoxy) is 2. The van der Waals surface area contributed by atoms with E-state index >= 15 is 0 Å². The maximum Gasteiger partial charge on any atom is 0.336 e. The summed E-state index contributed by atoms with van der Waals surface area (Å²) >= 11 is 0. The number of hydrogen-bond donors (Lipinski definition) is 2. The number of benzene rings is 2. The van der Waals surface area contributed by atoms with Crippen molar-refractivity contribution in [2.24, 2.45) is 0 Å². The summed E-state index contributed by atoms with van der Waals surface area (Å²) in [5, 5.41) is 18.9. The molecule has 25 heavy (non-hydrogen) atoms. The molecule has 0 saturated carbocycles. The van der Waals surface area contributed by atoms with Crippen LogP contribution in [0.1, 0.15) is 39.6 Å². The van der Waals surface area contributed by atoms with Crippen LogP contribution >= 0.6 is 0 Å². The Morgan fingerprint density at radius 3 is 2.24 bits per heavy atom. The predicted molar refractivity (Wildman–Crippen MR) is 90.4 cm³/mol. The Morgan fingerprint density at radius 2 is 1.64 bits per heavy atom. The zero-order valence-electron chi connectivity index (χ0n) is 13.7. The molecule has 0 aliphatic carbocycles. The molecule has 0 radical (unpaired) electrons. The Kier molecular flexibility index (Phi) is 4.72. The first-order valence-electron chi connectivity index (χ1n) is 7.93. The molecule has 0 spiro atoms. The lowest BCUT2D eigenvalue weighted by Crippen LogP contribution is -2.05. The van der Waals surface area contributed by atoms with Crippen molar-refractivity contribution in [2.75, 3.05) is 13.2 Å². The van der Waals surface area contributed by atoms with E-state index in [9.17, 15) is 19.8 Å². The van der Waals surface area contributed by atoms with Crippen molar-refractivity contribution in [1.29, 1.82) is 0 Å². The van der Waals surface area contributed by atoms with E-state index in [4.69, 9.17) is 9.47 Å². The van der Waals surface area contributed by atoms with Gasteiger partial charge in [0.05, 0.1) is 25.4 Å². The molecular weight excluding hydrogens is 324 g/mol. The smallest absolute Gasteiger partial charge is 0.336 e. The molecule has 3 rings (SSSR count). The molecule has 0 unspecified atom stereocenters. The number of carboxylic acid groups (broad SMARTS) is 1. The largest absolute Gasteiger partial charge is 0.490 e. The maximum atomic E-state index is 12.2. The number of Topliss-reactive ketones (excluding diaryl/α,β-unsaturated/α-hetero) is 1. The van der Waals surface area contributed by atoms with Crippen LogP contribution in [0.2, 0.25) is 0 Å². The van der Waals surface area contributed by atoms with Crippen LogP contribution in [0.4, 0.5) is 0 Å². The van der Waals surface area contributed by atoms with Crippen molar-refractivity contribution in [3.63, 3.8) is 0 Å². The van der Waals surface area contributed by atoms with Gasteiger partial charge in [0.1, 0.15) is 0 Å². The molecule has 2 aromatic rings. The topological polar surface area (TPSA) is 93.1 Å². The lowest BCUT2D eigenvalue weighted by Gasteiger charge is -2.16. The Balaban J connectivity index is 2.27. The van der Waals surface area contributed by atoms with Gasteiger partial charge in [-0.1, -0.05) is 6.07 Å². The number of rotatable bonds is 4. The first-order chi connectivity index (χ1) is 12.0. The van der Waals surface area contributed by atoms with E-state index < -0.39 is 5.97 Å². The van der Waals surface area contributed by atoms with Crippen LogP contribution in [0.15, 0.2) is 30.3 Å². The molecule has 0 amide bonds. The minimum absolute atomic E-state index is 0.0502. The van der Waals surface area contributed by atoms with Crippen LogP contribution < -0.4 is 9.47 Å². The molecule has 0 aromatic heterocycles. The third-order valence-corrected chi connectivity index (χ3v) is 4.05. The van der Waals surface area contributed by atoms with Gasteiger partial charge in [0.25, 0.3) is 0 Å². The second kappa shape index (κ2) is 6.94. The highest BCUT2D eigenvalue weighted by Crippen LogP contribution is 2.39. The van der Waals surface area contributed by atoms with Gasteiger partial charge in [-0.2, -0.15) is 0 Å². The number of fused-ring (bicyclic) bond motifs is 1. The number of hydrogen-bond acceptors (Lipinski definition) is 5. The van der Waals surface area contributed by atoms with Gasteiger partial charge in [-0.15, -0.1) is 0 Å². The Bertz CT molecular complexity index is 840. The first kappa shape index (κ1) is 17.0. The number of carboxylic acids is 1. The molecule has 1 aliphatic rings. The van der Waals surface area contributed by atoms with Crippen molar-refractivity contribution in [2.45, 2.75) is 20.0 Å². The van der Waals surface area contributed by atoms with Gasteiger partial charge in [0.15, 0.2) is 17.3 Å². The van der Waals surface area contributed by atoms with Crippen LogP contribution in [0.3, 0.4) is 0 Å². The highest BCUT2D eigenvalue weighted by Gasteiger charge is 2.22. The van der Waals surface area contributed by atoms with Gasteiger partial charge in [-0.05, 0) is 47.9 Å². The molecular formula is C19H18O6. The SMILES string of the molecule is CC(=O)c1cc2c(cc1-c1cc(CO)ccc1C(=O)O)OCCCO2. The lowest BCUT2D eigenvalue weighted by atomic mass is 9.92. The molecule has 2 N–H and O–H groups in total. The molecule has 0 fully saturated rings. The second-order valence-electron chi connectivity index (χ2n) is 5.79. The molecule has 2 aromatic carbocycles. The van der Waals surface area contributed by atoms with Gasteiger partial charge in [0, 0.05) is 12.0 Å². The number of aliphatic hydroxyl groups is 1. The van der Waals surface area contributed by atoms with Crippen molar-refractivity contribution in [3.05, 3.63) is 47.0 Å². The van der Waals surface area contributed by atoms with E-state index in [1.807, 2.05) is 0 Å². The first-order valence-corrected chi connectivity index (χ1v) is 7.93. The number of aliphatic hydroxyl groups excluding tert-OH is 1. The average molecular weight is 342 g/mol. The quantitative estimate of drug-likeness (QED) is 0.830. The van der Waals surface area contributed by atoms with Crippen LogP contribution in [0, 0.1) is 0 Å². The number of ketones is 1. The highest BCUT2D eigenvalue weighted by molar-refractivity contribution is 6.05. The fourth-order valence-electron chi connectivity index (χ4n) is 2.82. The summed E-state index contributed by atoms with van der Waals surface area (Å²) in [5.74, 6) is -0.373. The molecule has 130 valence electrons. The summed E-state index contributed by atoms with van der Waals surface area (Å²) < 4.78 is 11.3. The van der Waals surface area contributed by atoms with E-state index in [-0.39, 0.29) is 18.0 Å². The second-order valence-corrected chi connectivity index (χ2v) is 5.79. The average Bonchev–Trinajstić information content (AvgIpc) is 2.84. The van der Waals surface area contributed by atoms with E-state index in [2.05, 4.69) is 0 Å².